The van der Waals surface area contributed by atoms with Gasteiger partial charge in [-0.3, -0.25) is 0 Å². The summed E-state index contributed by atoms with van der Waals surface area (Å²) in [4.78, 5) is 76.9. The van der Waals surface area contributed by atoms with Crippen LogP contribution in [-0.4, -0.2) is 0 Å². The van der Waals surface area contributed by atoms with Crippen molar-refractivity contribution in [1.82, 2.24) is 0 Å². The van der Waals surface area contributed by atoms with Gasteiger partial charge in [-0.05, 0) is 0 Å². The number of hydrogen-bond donors (Lipinski definition) is 0. The monoisotopic (exact) mass is 723 g/mol. The minimum Gasteiger partial charge on any atom is -0.822 e. The summed E-state index contributed by atoms with van der Waals surface area (Å²) in [7, 11) is -16.2. The van der Waals surface area contributed by atoms with Crippen LogP contribution in [0.4, 0.5) is 0 Å². The van der Waals surface area contributed by atoms with Crippen molar-refractivity contribution in [3.8, 4) is 0 Å². The van der Waals surface area contributed by atoms with Gasteiger partial charge in [0.15, 0.2) is 0 Å². The van der Waals surface area contributed by atoms with Crippen LogP contribution in [0.25, 0.3) is 0 Å². The largest absolute Gasteiger partial charge is 3.00 e. The van der Waals surface area contributed by atoms with Crippen molar-refractivity contribution in [2.45, 2.75) is 0 Å². The molecule has 0 spiro atoms. The molecule has 0 saturated carbocycles. The first-order chi connectivity index (χ1) is 6.00. The minimum atomic E-state index is -5.39. The first-order valence-electron chi connectivity index (χ1n) is 2.19. The third kappa shape index (κ3) is 424. The molecule has 18 heteroatoms. The second-order valence-corrected chi connectivity index (χ2v) is 4.02. The van der Waals surface area contributed by atoms with E-state index in [1.165, 1.54) is 0 Å². The Bertz CT molecular complexity index is 213. The van der Waals surface area contributed by atoms with E-state index in [0.29, 0.717) is 0 Å². The van der Waals surface area contributed by atoms with E-state index in [2.05, 4.69) is 0 Å². The Labute approximate surface area is 193 Å². The maximum Gasteiger partial charge on any atom is 3.00 e. The normalized spacial score (nSPS) is 9.83. The predicted molar refractivity (Wildman–Crippen MR) is 22.8 cm³/mol. The van der Waals surface area contributed by atoms with E-state index in [1.807, 2.05) is 0 Å². The molecular weight excluding hydrogens is 723 g/mol. The smallest absolute Gasteiger partial charge is 0.822 e. The maximum atomic E-state index is 8.55. The summed E-state index contributed by atoms with van der Waals surface area (Å²) in [6, 6.07) is 0. The molecule has 0 heterocycles. The molecule has 12 nitrogen and oxygen atoms in total. The predicted octanol–water partition coefficient (Wildman–Crippen LogP) is -8.47. The minimum absolute atomic E-state index is 0. The molecule has 0 aromatic rings. The molecule has 0 aromatic heterocycles. The van der Waals surface area contributed by atoms with Crippen LogP contribution in [0.1, 0.15) is 0 Å². The van der Waals surface area contributed by atoms with Crippen molar-refractivity contribution in [3.05, 3.63) is 0 Å². The van der Waals surface area contributed by atoms with Gasteiger partial charge >= 0.3 is 116 Å². The third-order valence-corrected chi connectivity index (χ3v) is 0. The van der Waals surface area contributed by atoms with Crippen molar-refractivity contribution in [2.75, 3.05) is 0 Å². The van der Waals surface area contributed by atoms with Crippen LogP contribution in [0.5, 0.6) is 0 Å². The second kappa shape index (κ2) is 17.5. The maximum absolute atomic E-state index is 8.55. The van der Waals surface area contributed by atoms with E-state index in [4.69, 9.17) is 57.7 Å². The fourth-order valence-corrected chi connectivity index (χ4v) is 0. The zero-order chi connectivity index (χ0) is 13.5. The summed E-state index contributed by atoms with van der Waals surface area (Å²) in [5.41, 5.74) is 0. The van der Waals surface area contributed by atoms with Crippen LogP contribution in [0, 0.1) is 116 Å². The van der Waals surface area contributed by atoms with Gasteiger partial charge in [0.1, 0.15) is 0 Å². The standard InChI is InChI=1S/Ce.La.3H3O4P.Tb/c;;3*1-5(2,3)4;/h;;3*(H3,1,2,3,4);/q2*+3;;;;+3/p-9. The molecule has 18 heavy (non-hydrogen) atoms. The molecule has 0 amide bonds. The molecule has 0 rings (SSSR count). The van der Waals surface area contributed by atoms with E-state index >= 15 is 0 Å². The van der Waals surface area contributed by atoms with Gasteiger partial charge in [0, 0.05) is 0 Å². The zero-order valence-corrected chi connectivity index (χ0v) is 19.2. The average molecular weight is 723 g/mol. The van der Waals surface area contributed by atoms with Gasteiger partial charge in [-0.15, -0.1) is 0 Å². The first-order valence-corrected chi connectivity index (χ1v) is 6.57. The molecule has 0 aliphatic carbocycles. The van der Waals surface area contributed by atoms with Crippen LogP contribution >= 0.6 is 23.5 Å². The van der Waals surface area contributed by atoms with Gasteiger partial charge in [-0.2, -0.15) is 23.5 Å². The van der Waals surface area contributed by atoms with Gasteiger partial charge in [0.2, 0.25) is 0 Å². The Morgan fingerprint density at radius 3 is 0.500 bits per heavy atom. The van der Waals surface area contributed by atoms with Crippen LogP contribution in [-0.2, 0) is 13.7 Å². The van der Waals surface area contributed by atoms with Gasteiger partial charge in [0.25, 0.3) is 0 Å². The summed E-state index contributed by atoms with van der Waals surface area (Å²) < 4.78 is 25.6. The van der Waals surface area contributed by atoms with Crippen molar-refractivity contribution in [2.24, 2.45) is 0 Å². The molecule has 0 unspecified atom stereocenters. The fourth-order valence-electron chi connectivity index (χ4n) is 0. The molecule has 0 bridgehead atoms. The zero-order valence-electron chi connectivity index (χ0n) is 7.65. The Balaban J connectivity index is -0.0000000277. The Kier molecular flexibility index (Phi) is 37.0. The second-order valence-electron chi connectivity index (χ2n) is 1.34. The van der Waals surface area contributed by atoms with Crippen molar-refractivity contribution >= 4 is 23.5 Å². The van der Waals surface area contributed by atoms with E-state index in [1.54, 1.807) is 0 Å². The molecule has 1 radical (unpaired) electrons. The molecule has 103 valence electrons. The van der Waals surface area contributed by atoms with Crippen LogP contribution in [0.3, 0.4) is 0 Å². The first kappa shape index (κ1) is 38.0. The molecule has 0 atom stereocenters. The molecule has 0 fully saturated rings. The van der Waals surface area contributed by atoms with Gasteiger partial charge in [-0.25, -0.2) is 0 Å². The summed E-state index contributed by atoms with van der Waals surface area (Å²) in [6.45, 7) is 0. The van der Waals surface area contributed by atoms with Gasteiger partial charge < -0.3 is 57.7 Å². The topological polar surface area (TPSA) is 259 Å². The Morgan fingerprint density at radius 1 is 0.500 bits per heavy atom. The van der Waals surface area contributed by atoms with E-state index in [-0.39, 0.29) is 116 Å². The summed E-state index contributed by atoms with van der Waals surface area (Å²) in [5, 5.41) is 0. The molecule has 0 N–H and O–H groups in total. The Hall–Kier alpha value is 4.19. The summed E-state index contributed by atoms with van der Waals surface area (Å²) in [5.74, 6) is 0. The van der Waals surface area contributed by atoms with Crippen LogP contribution in [0.2, 0.25) is 0 Å². The fraction of sp³-hybridized carbons (Fsp3) is 0. The van der Waals surface area contributed by atoms with E-state index in [9.17, 15) is 0 Å². The third-order valence-electron chi connectivity index (χ3n) is 0. The number of hydrogen-bond acceptors (Lipinski definition) is 12. The van der Waals surface area contributed by atoms with E-state index in [0.717, 1.165) is 0 Å². The number of phosphoric acid groups is 3. The van der Waals surface area contributed by atoms with Crippen molar-refractivity contribution < 1.29 is 174 Å². The van der Waals surface area contributed by atoms with Gasteiger partial charge in [0.05, 0.1) is 0 Å². The quantitative estimate of drug-likeness (QED) is 0.211. The molecule has 0 aliphatic rings. The molecule has 0 aromatic carbocycles. The molecule has 0 aliphatic heterocycles. The summed E-state index contributed by atoms with van der Waals surface area (Å²) in [6.07, 6.45) is 0. The van der Waals surface area contributed by atoms with Gasteiger partial charge in [-0.1, -0.05) is 0 Å². The van der Waals surface area contributed by atoms with Crippen LogP contribution in [0.15, 0.2) is 0 Å². The molecular formula is CeLaO12P3Tb. The van der Waals surface area contributed by atoms with E-state index < -0.39 is 23.5 Å². The number of rotatable bonds is 0. The van der Waals surface area contributed by atoms with Crippen molar-refractivity contribution in [3.63, 3.8) is 0 Å². The summed E-state index contributed by atoms with van der Waals surface area (Å²) >= 11 is 0. The van der Waals surface area contributed by atoms with Crippen LogP contribution < -0.4 is 44.0 Å². The molecule has 0 saturated heterocycles. The Morgan fingerprint density at radius 2 is 0.500 bits per heavy atom. The van der Waals surface area contributed by atoms with Crippen molar-refractivity contribution in [1.29, 1.82) is 0 Å². The average Bonchev–Trinajstić information content (AvgIpc) is 1.41. The SMILES string of the molecule is O=P([O-])([O-])[O-].O=P([O-])([O-])[O-].O=P([O-])([O-])[O-].[Ce+3].[La+3].[Tb+3].